The van der Waals surface area contributed by atoms with E-state index < -0.39 is 0 Å². The molecule has 4 nitrogen and oxygen atoms in total. The molecule has 0 saturated heterocycles. The van der Waals surface area contributed by atoms with Gasteiger partial charge in [-0.2, -0.15) is 5.10 Å². The van der Waals surface area contributed by atoms with Crippen molar-refractivity contribution in [2.75, 3.05) is 6.54 Å². The summed E-state index contributed by atoms with van der Waals surface area (Å²) in [6.07, 6.45) is 6.82. The molecule has 1 aromatic heterocycles. The Balaban J connectivity index is 0.000000606. The van der Waals surface area contributed by atoms with Crippen molar-refractivity contribution in [1.82, 2.24) is 15.1 Å². The van der Waals surface area contributed by atoms with Gasteiger partial charge in [0.15, 0.2) is 0 Å². The van der Waals surface area contributed by atoms with E-state index in [2.05, 4.69) is 10.4 Å². The largest absolute Gasteiger partial charge is 0.352 e. The molecule has 2 rings (SSSR count). The number of carbonyl (C=O) groups excluding carboxylic acids is 1. The normalized spacial score (nSPS) is 13.9. The van der Waals surface area contributed by atoms with Gasteiger partial charge in [-0.15, -0.1) is 0 Å². The van der Waals surface area contributed by atoms with E-state index in [1.807, 2.05) is 31.6 Å². The Morgan fingerprint density at radius 2 is 2.25 bits per heavy atom. The second-order valence-corrected chi connectivity index (χ2v) is 3.70. The summed E-state index contributed by atoms with van der Waals surface area (Å²) >= 11 is 0. The molecule has 1 saturated carbocycles. The summed E-state index contributed by atoms with van der Waals surface area (Å²) in [5.74, 6) is -0.0150. The van der Waals surface area contributed by atoms with E-state index in [1.54, 1.807) is 6.20 Å². The molecule has 4 heteroatoms. The number of hydrogen-bond donors (Lipinski definition) is 1. The van der Waals surface area contributed by atoms with Crippen molar-refractivity contribution in [2.24, 2.45) is 0 Å². The third-order valence-corrected chi connectivity index (χ3v) is 2.32. The third kappa shape index (κ3) is 3.36. The van der Waals surface area contributed by atoms with Crippen molar-refractivity contribution in [1.29, 1.82) is 0 Å². The highest BCUT2D eigenvalue weighted by Gasteiger charge is 2.24. The van der Waals surface area contributed by atoms with Crippen molar-refractivity contribution in [3.05, 3.63) is 18.0 Å². The lowest BCUT2D eigenvalue weighted by molar-refractivity contribution is 0.0953. The minimum absolute atomic E-state index is 0.0150. The first-order valence-electron chi connectivity index (χ1n) is 6.13. The van der Waals surface area contributed by atoms with E-state index in [9.17, 15) is 4.79 Å². The van der Waals surface area contributed by atoms with Gasteiger partial charge in [0.25, 0.3) is 5.91 Å². The van der Waals surface area contributed by atoms with Gasteiger partial charge in [-0.25, -0.2) is 0 Å². The lowest BCUT2D eigenvalue weighted by atomic mass is 10.3. The summed E-state index contributed by atoms with van der Waals surface area (Å²) in [5, 5.41) is 6.99. The summed E-state index contributed by atoms with van der Waals surface area (Å²) in [4.78, 5) is 11.5. The fourth-order valence-electron chi connectivity index (χ4n) is 1.33. The maximum absolute atomic E-state index is 11.5. The van der Waals surface area contributed by atoms with Crippen molar-refractivity contribution in [2.45, 2.75) is 46.1 Å². The Labute approximate surface area is 97.0 Å². The van der Waals surface area contributed by atoms with Crippen LogP contribution < -0.4 is 5.32 Å². The van der Waals surface area contributed by atoms with Crippen LogP contribution >= 0.6 is 0 Å². The zero-order valence-electron chi connectivity index (χ0n) is 10.4. The summed E-state index contributed by atoms with van der Waals surface area (Å²) < 4.78 is 1.89. The molecule has 1 amide bonds. The molecule has 0 spiro atoms. The van der Waals surface area contributed by atoms with Crippen molar-refractivity contribution < 1.29 is 4.79 Å². The standard InChI is InChI=1S/C10H15N3O.C2H6/c1-2-5-11-10(14)8-6-12-13(7-8)9-3-4-9;1-2/h6-7,9H,2-5H2,1H3,(H,11,14);1-2H3. The lowest BCUT2D eigenvalue weighted by Crippen LogP contribution is -2.23. The zero-order chi connectivity index (χ0) is 12.0. The van der Waals surface area contributed by atoms with Gasteiger partial charge in [0.05, 0.1) is 17.8 Å². The Morgan fingerprint density at radius 1 is 1.56 bits per heavy atom. The SMILES string of the molecule is CC.CCCNC(=O)c1cnn(C2CC2)c1. The minimum Gasteiger partial charge on any atom is -0.352 e. The molecule has 1 aromatic rings. The summed E-state index contributed by atoms with van der Waals surface area (Å²) in [6.45, 7) is 6.77. The minimum atomic E-state index is -0.0150. The van der Waals surface area contributed by atoms with E-state index in [-0.39, 0.29) is 5.91 Å². The van der Waals surface area contributed by atoms with Crippen LogP contribution in [0.2, 0.25) is 0 Å². The molecule has 1 N–H and O–H groups in total. The van der Waals surface area contributed by atoms with Gasteiger partial charge in [0.1, 0.15) is 0 Å². The highest BCUT2D eigenvalue weighted by molar-refractivity contribution is 5.93. The maximum atomic E-state index is 11.5. The number of amides is 1. The van der Waals surface area contributed by atoms with E-state index in [1.165, 1.54) is 12.8 Å². The van der Waals surface area contributed by atoms with Crippen molar-refractivity contribution >= 4 is 5.91 Å². The second-order valence-electron chi connectivity index (χ2n) is 3.70. The van der Waals surface area contributed by atoms with Crippen molar-refractivity contribution in [3.8, 4) is 0 Å². The first-order valence-corrected chi connectivity index (χ1v) is 6.13. The van der Waals surface area contributed by atoms with Gasteiger partial charge in [-0.1, -0.05) is 20.8 Å². The molecule has 0 atom stereocenters. The molecular weight excluding hydrogens is 202 g/mol. The fraction of sp³-hybridized carbons (Fsp3) is 0.667. The van der Waals surface area contributed by atoms with E-state index in [0.29, 0.717) is 11.6 Å². The van der Waals surface area contributed by atoms with Crippen LogP contribution in [0.15, 0.2) is 12.4 Å². The molecule has 1 aliphatic rings. The molecule has 0 radical (unpaired) electrons. The fourth-order valence-corrected chi connectivity index (χ4v) is 1.33. The third-order valence-electron chi connectivity index (χ3n) is 2.32. The topological polar surface area (TPSA) is 46.9 Å². The molecule has 0 unspecified atom stereocenters. The number of carbonyl (C=O) groups is 1. The number of aromatic nitrogens is 2. The number of nitrogens with zero attached hydrogens (tertiary/aromatic N) is 2. The highest BCUT2D eigenvalue weighted by Crippen LogP contribution is 2.33. The second kappa shape index (κ2) is 6.30. The van der Waals surface area contributed by atoms with Crippen LogP contribution in [0.4, 0.5) is 0 Å². The summed E-state index contributed by atoms with van der Waals surface area (Å²) in [5.41, 5.74) is 0.672. The molecular formula is C12H21N3O. The average Bonchev–Trinajstić information content (AvgIpc) is 3.07. The van der Waals surface area contributed by atoms with Gasteiger partial charge in [-0.3, -0.25) is 9.48 Å². The summed E-state index contributed by atoms with van der Waals surface area (Å²) in [7, 11) is 0. The first kappa shape index (κ1) is 12.7. The molecule has 0 bridgehead atoms. The molecule has 90 valence electrons. The zero-order valence-corrected chi connectivity index (χ0v) is 10.4. The van der Waals surface area contributed by atoms with Crippen LogP contribution in [-0.2, 0) is 0 Å². The molecule has 16 heavy (non-hydrogen) atoms. The van der Waals surface area contributed by atoms with Crippen LogP contribution in [0.1, 0.15) is 56.4 Å². The van der Waals surface area contributed by atoms with Gasteiger partial charge >= 0.3 is 0 Å². The van der Waals surface area contributed by atoms with Gasteiger partial charge < -0.3 is 5.32 Å². The van der Waals surface area contributed by atoms with E-state index in [4.69, 9.17) is 0 Å². The van der Waals surface area contributed by atoms with Crippen LogP contribution in [0.3, 0.4) is 0 Å². The molecule has 0 aliphatic heterocycles. The Kier molecular flexibility index (Phi) is 5.02. The Morgan fingerprint density at radius 3 is 2.81 bits per heavy atom. The first-order chi connectivity index (χ1) is 7.81. The van der Waals surface area contributed by atoms with E-state index in [0.717, 1.165) is 13.0 Å². The number of hydrogen-bond acceptors (Lipinski definition) is 2. The maximum Gasteiger partial charge on any atom is 0.254 e. The van der Waals surface area contributed by atoms with Crippen LogP contribution in [0.5, 0.6) is 0 Å². The summed E-state index contributed by atoms with van der Waals surface area (Å²) in [6, 6.07) is 0.544. The smallest absolute Gasteiger partial charge is 0.254 e. The van der Waals surface area contributed by atoms with Gasteiger partial charge in [0.2, 0.25) is 0 Å². The molecule has 0 aromatic carbocycles. The predicted octanol–water partition coefficient (Wildman–Crippen LogP) is 2.38. The molecule has 1 heterocycles. The Hall–Kier alpha value is -1.32. The highest BCUT2D eigenvalue weighted by atomic mass is 16.1. The molecule has 1 fully saturated rings. The molecule has 1 aliphatic carbocycles. The lowest BCUT2D eigenvalue weighted by Gasteiger charge is -1.99. The average molecular weight is 223 g/mol. The van der Waals surface area contributed by atoms with Crippen molar-refractivity contribution in [3.63, 3.8) is 0 Å². The quantitative estimate of drug-likeness (QED) is 0.852. The van der Waals surface area contributed by atoms with Crippen LogP contribution in [-0.4, -0.2) is 22.2 Å². The van der Waals surface area contributed by atoms with E-state index >= 15 is 0 Å². The van der Waals surface area contributed by atoms with Gasteiger partial charge in [-0.05, 0) is 19.3 Å². The van der Waals surface area contributed by atoms with Crippen LogP contribution in [0.25, 0.3) is 0 Å². The van der Waals surface area contributed by atoms with Gasteiger partial charge in [0, 0.05) is 12.7 Å². The Bertz CT molecular complexity index is 329. The monoisotopic (exact) mass is 223 g/mol. The number of nitrogens with one attached hydrogen (secondary N) is 1. The number of rotatable bonds is 4. The predicted molar refractivity (Wildman–Crippen MR) is 64.5 cm³/mol. The van der Waals surface area contributed by atoms with Crippen LogP contribution in [0, 0.1) is 0 Å².